The molecule has 0 radical (unpaired) electrons. The first-order chi connectivity index (χ1) is 12.1. The van der Waals surface area contributed by atoms with Crippen LogP contribution >= 0.6 is 23.2 Å². The summed E-state index contributed by atoms with van der Waals surface area (Å²) in [5.74, 6) is 0.0352. The predicted octanol–water partition coefficient (Wildman–Crippen LogP) is 3.80. The number of methoxy groups -OCH3 is 1. The molecule has 0 heterocycles. The molecule has 0 aliphatic carbocycles. The average Bonchev–Trinajstić information content (AvgIpc) is 2.57. The van der Waals surface area contributed by atoms with Crippen molar-refractivity contribution in [1.29, 1.82) is 0 Å². The molecule has 2 rings (SSSR count). The van der Waals surface area contributed by atoms with Crippen LogP contribution in [0, 0.1) is 0 Å². The van der Waals surface area contributed by atoms with E-state index in [1.54, 1.807) is 24.3 Å². The summed E-state index contributed by atoms with van der Waals surface area (Å²) in [6.45, 7) is 1.47. The Bertz CT molecular complexity index is 919. The molecule has 2 aromatic rings. The van der Waals surface area contributed by atoms with Crippen LogP contribution in [0.1, 0.15) is 6.92 Å². The Kier molecular flexibility index (Phi) is 6.39. The van der Waals surface area contributed by atoms with Gasteiger partial charge in [-0.15, -0.1) is 0 Å². The minimum absolute atomic E-state index is 0.134. The van der Waals surface area contributed by atoms with Crippen LogP contribution in [0.15, 0.2) is 42.5 Å². The fourth-order valence-electron chi connectivity index (χ4n) is 2.38. The van der Waals surface area contributed by atoms with E-state index < -0.39 is 22.0 Å². The number of halogens is 2. The normalized spacial score (nSPS) is 12.3. The van der Waals surface area contributed by atoms with Crippen LogP contribution in [0.3, 0.4) is 0 Å². The first-order valence-electron chi connectivity index (χ1n) is 7.53. The molecule has 0 fully saturated rings. The minimum atomic E-state index is -3.80. The smallest absolute Gasteiger partial charge is 0.247 e. The van der Waals surface area contributed by atoms with Crippen molar-refractivity contribution in [3.8, 4) is 5.75 Å². The van der Waals surface area contributed by atoms with Crippen LogP contribution in [0.5, 0.6) is 5.75 Å². The number of amides is 1. The fraction of sp³-hybridized carbons (Fsp3) is 0.235. The summed E-state index contributed by atoms with van der Waals surface area (Å²) in [7, 11) is -2.29. The standard InChI is InChI=1S/C17H18Cl2N2O4S/c1-11(17(22)20-13-5-4-6-14(10-13)25-2)21(26(3,23)24)16-9-12(18)7-8-15(16)19/h4-11H,1-3H3,(H,20,22)/t11-/m0/s1. The molecule has 0 bridgehead atoms. The highest BCUT2D eigenvalue weighted by Gasteiger charge is 2.30. The van der Waals surface area contributed by atoms with E-state index in [2.05, 4.69) is 5.32 Å². The fourth-order valence-corrected chi connectivity index (χ4v) is 3.99. The SMILES string of the molecule is COc1cccc(NC(=O)[C@H](C)N(c2cc(Cl)ccc2Cl)S(C)(=O)=O)c1. The molecular formula is C17H18Cl2N2O4S. The van der Waals surface area contributed by atoms with Crippen molar-refractivity contribution in [2.24, 2.45) is 0 Å². The molecule has 0 aromatic heterocycles. The van der Waals surface area contributed by atoms with Crippen LogP contribution < -0.4 is 14.4 Å². The number of benzene rings is 2. The van der Waals surface area contributed by atoms with Gasteiger partial charge < -0.3 is 10.1 Å². The first kappa shape index (κ1) is 20.4. The first-order valence-corrected chi connectivity index (χ1v) is 10.1. The Morgan fingerprint density at radius 1 is 1.19 bits per heavy atom. The summed E-state index contributed by atoms with van der Waals surface area (Å²) in [4.78, 5) is 12.6. The van der Waals surface area contributed by atoms with E-state index in [-0.39, 0.29) is 10.7 Å². The number of nitrogens with one attached hydrogen (secondary N) is 1. The maximum Gasteiger partial charge on any atom is 0.247 e. The molecule has 26 heavy (non-hydrogen) atoms. The van der Waals surface area contributed by atoms with E-state index in [0.717, 1.165) is 10.6 Å². The summed E-state index contributed by atoms with van der Waals surface area (Å²) in [5, 5.41) is 3.14. The van der Waals surface area contributed by atoms with Gasteiger partial charge in [0.2, 0.25) is 15.9 Å². The minimum Gasteiger partial charge on any atom is -0.497 e. The number of carbonyl (C=O) groups is 1. The third-order valence-electron chi connectivity index (χ3n) is 3.57. The Hall–Kier alpha value is -1.96. The zero-order valence-electron chi connectivity index (χ0n) is 14.4. The number of rotatable bonds is 6. The Morgan fingerprint density at radius 2 is 1.88 bits per heavy atom. The van der Waals surface area contributed by atoms with Gasteiger partial charge in [0.15, 0.2) is 0 Å². The van der Waals surface area contributed by atoms with Crippen molar-refractivity contribution >= 4 is 50.5 Å². The van der Waals surface area contributed by atoms with E-state index >= 15 is 0 Å². The summed E-state index contributed by atoms with van der Waals surface area (Å²) >= 11 is 12.1. The molecule has 0 aliphatic rings. The van der Waals surface area contributed by atoms with E-state index in [9.17, 15) is 13.2 Å². The maximum atomic E-state index is 12.6. The van der Waals surface area contributed by atoms with E-state index in [1.165, 1.54) is 32.2 Å². The summed E-state index contributed by atoms with van der Waals surface area (Å²) < 4.78 is 30.7. The maximum absolute atomic E-state index is 12.6. The highest BCUT2D eigenvalue weighted by molar-refractivity contribution is 7.92. The van der Waals surface area contributed by atoms with E-state index in [1.807, 2.05) is 0 Å². The van der Waals surface area contributed by atoms with Crippen LogP contribution in [0.25, 0.3) is 0 Å². The lowest BCUT2D eigenvalue weighted by Gasteiger charge is -2.29. The zero-order chi connectivity index (χ0) is 19.5. The van der Waals surface area contributed by atoms with Gasteiger partial charge in [-0.3, -0.25) is 9.10 Å². The van der Waals surface area contributed by atoms with Gasteiger partial charge in [0, 0.05) is 16.8 Å². The van der Waals surface area contributed by atoms with Crippen molar-refractivity contribution < 1.29 is 17.9 Å². The number of ether oxygens (including phenoxy) is 1. The number of sulfonamides is 1. The molecule has 6 nitrogen and oxygen atoms in total. The largest absolute Gasteiger partial charge is 0.497 e. The molecule has 140 valence electrons. The average molecular weight is 417 g/mol. The molecule has 2 aromatic carbocycles. The summed E-state index contributed by atoms with van der Waals surface area (Å²) in [5.41, 5.74) is 0.613. The zero-order valence-corrected chi connectivity index (χ0v) is 16.7. The molecule has 0 aliphatic heterocycles. The second-order valence-electron chi connectivity index (χ2n) is 5.55. The Labute approximate surface area is 162 Å². The lowest BCUT2D eigenvalue weighted by Crippen LogP contribution is -2.45. The van der Waals surface area contributed by atoms with Crippen molar-refractivity contribution in [3.05, 3.63) is 52.5 Å². The molecule has 9 heteroatoms. The monoisotopic (exact) mass is 416 g/mol. The van der Waals surface area contributed by atoms with Crippen molar-refractivity contribution in [3.63, 3.8) is 0 Å². The molecule has 1 atom stereocenters. The molecule has 0 saturated heterocycles. The lowest BCUT2D eigenvalue weighted by atomic mass is 10.2. The van der Waals surface area contributed by atoms with Gasteiger partial charge in [-0.25, -0.2) is 8.42 Å². The highest BCUT2D eigenvalue weighted by Crippen LogP contribution is 2.32. The van der Waals surface area contributed by atoms with Crippen LogP contribution in [0.2, 0.25) is 10.0 Å². The molecule has 0 spiro atoms. The van der Waals surface area contributed by atoms with Crippen molar-refractivity contribution in [2.45, 2.75) is 13.0 Å². The van der Waals surface area contributed by atoms with Gasteiger partial charge in [0.25, 0.3) is 0 Å². The van der Waals surface area contributed by atoms with Crippen molar-refractivity contribution in [1.82, 2.24) is 0 Å². The Morgan fingerprint density at radius 3 is 2.50 bits per heavy atom. The second kappa shape index (κ2) is 8.16. The van der Waals surface area contributed by atoms with E-state index in [0.29, 0.717) is 16.5 Å². The number of carbonyl (C=O) groups excluding carboxylic acids is 1. The van der Waals surface area contributed by atoms with Gasteiger partial charge in [-0.05, 0) is 37.3 Å². The molecular weight excluding hydrogens is 399 g/mol. The van der Waals surface area contributed by atoms with Gasteiger partial charge in [-0.1, -0.05) is 29.3 Å². The van der Waals surface area contributed by atoms with Gasteiger partial charge in [-0.2, -0.15) is 0 Å². The number of nitrogens with zero attached hydrogens (tertiary/aromatic N) is 1. The van der Waals surface area contributed by atoms with Crippen LogP contribution in [-0.2, 0) is 14.8 Å². The number of anilines is 2. The lowest BCUT2D eigenvalue weighted by molar-refractivity contribution is -0.116. The predicted molar refractivity (Wildman–Crippen MR) is 105 cm³/mol. The number of hydrogen-bond acceptors (Lipinski definition) is 4. The highest BCUT2D eigenvalue weighted by atomic mass is 35.5. The quantitative estimate of drug-likeness (QED) is 0.776. The topological polar surface area (TPSA) is 75.7 Å². The number of hydrogen-bond donors (Lipinski definition) is 1. The summed E-state index contributed by atoms with van der Waals surface area (Å²) in [6, 6.07) is 10.1. The molecule has 1 N–H and O–H groups in total. The third-order valence-corrected chi connectivity index (χ3v) is 5.35. The van der Waals surface area contributed by atoms with Crippen molar-refractivity contribution in [2.75, 3.05) is 23.0 Å². The molecule has 0 unspecified atom stereocenters. The second-order valence-corrected chi connectivity index (χ2v) is 8.25. The summed E-state index contributed by atoms with van der Waals surface area (Å²) in [6.07, 6.45) is 1.000. The van der Waals surface area contributed by atoms with E-state index in [4.69, 9.17) is 27.9 Å². The van der Waals surface area contributed by atoms with Gasteiger partial charge in [0.05, 0.1) is 24.1 Å². The molecule has 1 amide bonds. The van der Waals surface area contributed by atoms with Gasteiger partial charge in [0.1, 0.15) is 11.8 Å². The van der Waals surface area contributed by atoms with Crippen LogP contribution in [0.4, 0.5) is 11.4 Å². The van der Waals surface area contributed by atoms with Gasteiger partial charge >= 0.3 is 0 Å². The molecule has 0 saturated carbocycles. The van der Waals surface area contributed by atoms with Crippen LogP contribution in [-0.4, -0.2) is 33.7 Å². The third kappa shape index (κ3) is 4.81. The Balaban J connectivity index is 2.36.